The van der Waals surface area contributed by atoms with Crippen LogP contribution >= 0.6 is 0 Å². The van der Waals surface area contributed by atoms with Crippen LogP contribution in [0.15, 0.2) is 59.2 Å². The zero-order chi connectivity index (χ0) is 24.5. The van der Waals surface area contributed by atoms with E-state index in [0.29, 0.717) is 31.0 Å². The van der Waals surface area contributed by atoms with Crippen molar-refractivity contribution in [3.05, 3.63) is 82.7 Å². The average molecular weight is 485 g/mol. The number of aryl methyl sites for hydroxylation is 1. The van der Waals surface area contributed by atoms with E-state index in [0.717, 1.165) is 65.1 Å². The molecule has 0 saturated carbocycles. The Morgan fingerprint density at radius 3 is 2.94 bits per heavy atom. The molecule has 1 unspecified atom stereocenters. The fourth-order valence-corrected chi connectivity index (χ4v) is 5.15. The van der Waals surface area contributed by atoms with Gasteiger partial charge in [-0.25, -0.2) is 4.98 Å². The van der Waals surface area contributed by atoms with Gasteiger partial charge in [0.25, 0.3) is 0 Å². The Balaban J connectivity index is 1.19. The SMILES string of the molecule is O=C(O)CC(c1ccc2c(c1)OCC2)c1coc2cc(OCCc3ccc4c(n3)NCCC4)ccc12. The minimum Gasteiger partial charge on any atom is -0.493 e. The number of carboxylic acids is 1. The molecule has 7 heteroatoms. The van der Waals surface area contributed by atoms with Gasteiger partial charge in [-0.2, -0.15) is 0 Å². The number of anilines is 1. The maximum Gasteiger partial charge on any atom is 0.304 e. The van der Waals surface area contributed by atoms with Crippen molar-refractivity contribution in [2.24, 2.45) is 0 Å². The van der Waals surface area contributed by atoms with Gasteiger partial charge in [-0.1, -0.05) is 18.2 Å². The van der Waals surface area contributed by atoms with Gasteiger partial charge in [-0.05, 0) is 53.8 Å². The minimum atomic E-state index is -0.860. The third-order valence-corrected chi connectivity index (χ3v) is 7.03. The Bertz CT molecular complexity index is 1430. The lowest BCUT2D eigenvalue weighted by Gasteiger charge is -2.17. The number of carbonyl (C=O) groups is 1. The van der Waals surface area contributed by atoms with Crippen molar-refractivity contribution in [1.29, 1.82) is 0 Å². The highest BCUT2D eigenvalue weighted by Crippen LogP contribution is 2.38. The summed E-state index contributed by atoms with van der Waals surface area (Å²) in [7, 11) is 0. The Kier molecular flexibility index (Phi) is 5.97. The van der Waals surface area contributed by atoms with Gasteiger partial charge in [-0.3, -0.25) is 4.79 Å². The first-order valence-electron chi connectivity index (χ1n) is 12.5. The van der Waals surface area contributed by atoms with Gasteiger partial charge in [0.1, 0.15) is 22.9 Å². The largest absolute Gasteiger partial charge is 0.493 e. The number of aromatic nitrogens is 1. The summed E-state index contributed by atoms with van der Waals surface area (Å²) in [4.78, 5) is 16.5. The summed E-state index contributed by atoms with van der Waals surface area (Å²) in [5.74, 6) is 1.35. The number of rotatable bonds is 8. The van der Waals surface area contributed by atoms with Crippen molar-refractivity contribution in [1.82, 2.24) is 4.98 Å². The maximum atomic E-state index is 11.7. The highest BCUT2D eigenvalue weighted by molar-refractivity contribution is 5.84. The van der Waals surface area contributed by atoms with E-state index in [4.69, 9.17) is 18.9 Å². The number of hydrogen-bond donors (Lipinski definition) is 2. The van der Waals surface area contributed by atoms with Gasteiger partial charge in [0.05, 0.1) is 25.9 Å². The van der Waals surface area contributed by atoms with E-state index in [1.165, 1.54) is 5.56 Å². The summed E-state index contributed by atoms with van der Waals surface area (Å²) in [6, 6.07) is 16.0. The molecule has 0 bridgehead atoms. The molecule has 7 nitrogen and oxygen atoms in total. The van der Waals surface area contributed by atoms with Gasteiger partial charge >= 0.3 is 5.97 Å². The Morgan fingerprint density at radius 1 is 1.11 bits per heavy atom. The van der Waals surface area contributed by atoms with Gasteiger partial charge < -0.3 is 24.3 Å². The van der Waals surface area contributed by atoms with E-state index < -0.39 is 5.97 Å². The van der Waals surface area contributed by atoms with E-state index >= 15 is 0 Å². The molecule has 2 aliphatic heterocycles. The van der Waals surface area contributed by atoms with Gasteiger partial charge in [0.2, 0.25) is 0 Å². The van der Waals surface area contributed by atoms with E-state index in [1.807, 2.05) is 36.4 Å². The molecule has 0 radical (unpaired) electrons. The van der Waals surface area contributed by atoms with Crippen LogP contribution in [0.4, 0.5) is 5.82 Å². The maximum absolute atomic E-state index is 11.7. The highest BCUT2D eigenvalue weighted by Gasteiger charge is 2.24. The van der Waals surface area contributed by atoms with E-state index in [-0.39, 0.29) is 12.3 Å². The lowest BCUT2D eigenvalue weighted by molar-refractivity contribution is -0.137. The molecule has 2 aromatic heterocycles. The molecule has 6 rings (SSSR count). The highest BCUT2D eigenvalue weighted by atomic mass is 16.5. The molecular formula is C29H28N2O5. The third kappa shape index (κ3) is 4.49. The van der Waals surface area contributed by atoms with E-state index in [2.05, 4.69) is 17.4 Å². The van der Waals surface area contributed by atoms with Crippen LogP contribution in [0.2, 0.25) is 0 Å². The number of pyridine rings is 1. The topological polar surface area (TPSA) is 93.8 Å². The lowest BCUT2D eigenvalue weighted by atomic mass is 9.87. The lowest BCUT2D eigenvalue weighted by Crippen LogP contribution is -2.14. The summed E-state index contributed by atoms with van der Waals surface area (Å²) < 4.78 is 17.6. The summed E-state index contributed by atoms with van der Waals surface area (Å²) in [6.45, 7) is 2.14. The van der Waals surface area contributed by atoms with Gasteiger partial charge in [-0.15, -0.1) is 0 Å². The smallest absolute Gasteiger partial charge is 0.304 e. The van der Waals surface area contributed by atoms with Crippen LogP contribution in [-0.4, -0.2) is 35.8 Å². The predicted octanol–water partition coefficient (Wildman–Crippen LogP) is 5.35. The number of nitrogens with zero attached hydrogens (tertiary/aromatic N) is 1. The van der Waals surface area contributed by atoms with Crippen LogP contribution in [0.5, 0.6) is 11.5 Å². The Morgan fingerprint density at radius 2 is 2.03 bits per heavy atom. The van der Waals surface area contributed by atoms with Crippen LogP contribution < -0.4 is 14.8 Å². The quantitative estimate of drug-likeness (QED) is 0.348. The van der Waals surface area contributed by atoms with Crippen molar-refractivity contribution >= 4 is 22.8 Å². The van der Waals surface area contributed by atoms with Crippen molar-refractivity contribution < 1.29 is 23.8 Å². The standard InChI is InChI=1S/C29H28N2O5/c32-28(33)16-24(20-4-3-18-9-12-35-26(18)14-20)25-17-36-27-15-22(7-8-23(25)27)34-13-10-21-6-5-19-2-1-11-30-29(19)31-21/h3-8,14-15,17,24H,1-2,9-13,16H2,(H,30,31)(H,32,33). The molecule has 0 saturated heterocycles. The fourth-order valence-electron chi connectivity index (χ4n) is 5.15. The van der Waals surface area contributed by atoms with Crippen molar-refractivity contribution in [3.63, 3.8) is 0 Å². The summed E-state index contributed by atoms with van der Waals surface area (Å²) >= 11 is 0. The minimum absolute atomic E-state index is 0.0334. The summed E-state index contributed by atoms with van der Waals surface area (Å²) in [6.07, 6.45) is 5.44. The number of benzene rings is 2. The normalized spacial score (nSPS) is 15.0. The molecule has 0 spiro atoms. The first-order valence-corrected chi connectivity index (χ1v) is 12.5. The molecule has 2 aromatic carbocycles. The molecule has 1 atom stereocenters. The molecule has 36 heavy (non-hydrogen) atoms. The van der Waals surface area contributed by atoms with E-state index in [9.17, 15) is 9.90 Å². The number of furan rings is 1. The zero-order valence-electron chi connectivity index (χ0n) is 20.0. The first-order chi connectivity index (χ1) is 17.6. The molecule has 2 N–H and O–H groups in total. The number of fused-ring (bicyclic) bond motifs is 3. The molecule has 4 aromatic rings. The number of carboxylic acid groups (broad SMARTS) is 1. The monoisotopic (exact) mass is 484 g/mol. The van der Waals surface area contributed by atoms with Crippen LogP contribution in [0.25, 0.3) is 11.0 Å². The van der Waals surface area contributed by atoms with Crippen LogP contribution in [-0.2, 0) is 24.1 Å². The van der Waals surface area contributed by atoms with Crippen LogP contribution in [0.1, 0.15) is 46.7 Å². The van der Waals surface area contributed by atoms with Crippen molar-refractivity contribution in [2.75, 3.05) is 25.1 Å². The fraction of sp³-hybridized carbons (Fsp3) is 0.310. The average Bonchev–Trinajstić information content (AvgIpc) is 3.53. The summed E-state index contributed by atoms with van der Waals surface area (Å²) in [5.41, 5.74) is 5.87. The molecular weight excluding hydrogens is 456 g/mol. The number of hydrogen-bond acceptors (Lipinski definition) is 6. The molecule has 0 aliphatic carbocycles. The van der Waals surface area contributed by atoms with Crippen molar-refractivity contribution in [2.45, 2.75) is 38.0 Å². The summed E-state index contributed by atoms with van der Waals surface area (Å²) in [5, 5.41) is 13.9. The Labute approximate surface area is 209 Å². The van der Waals surface area contributed by atoms with Gasteiger partial charge in [0, 0.05) is 48.0 Å². The molecule has 4 heterocycles. The predicted molar refractivity (Wildman–Crippen MR) is 136 cm³/mol. The molecule has 184 valence electrons. The molecule has 0 amide bonds. The van der Waals surface area contributed by atoms with Crippen molar-refractivity contribution in [3.8, 4) is 11.5 Å². The van der Waals surface area contributed by atoms with Crippen LogP contribution in [0, 0.1) is 0 Å². The second-order valence-corrected chi connectivity index (χ2v) is 9.40. The Hall–Kier alpha value is -4.00. The van der Waals surface area contributed by atoms with Crippen LogP contribution in [0.3, 0.4) is 0 Å². The number of nitrogens with one attached hydrogen (secondary N) is 1. The number of ether oxygens (including phenoxy) is 2. The third-order valence-electron chi connectivity index (χ3n) is 7.03. The van der Waals surface area contributed by atoms with E-state index in [1.54, 1.807) is 6.26 Å². The van der Waals surface area contributed by atoms with Gasteiger partial charge in [0.15, 0.2) is 0 Å². The first kappa shape index (κ1) is 22.5. The second kappa shape index (κ2) is 9.57. The number of aliphatic carboxylic acids is 1. The molecule has 0 fully saturated rings. The molecule has 2 aliphatic rings. The second-order valence-electron chi connectivity index (χ2n) is 9.40. The zero-order valence-corrected chi connectivity index (χ0v) is 20.0.